The summed E-state index contributed by atoms with van der Waals surface area (Å²) in [5, 5.41) is 36.0. The summed E-state index contributed by atoms with van der Waals surface area (Å²) in [4.78, 5) is 24.8. The van der Waals surface area contributed by atoms with E-state index in [1.165, 1.54) is 0 Å². The lowest BCUT2D eigenvalue weighted by Gasteiger charge is -2.69. The molecule has 0 aromatic heterocycles. The van der Waals surface area contributed by atoms with Gasteiger partial charge in [-0.3, -0.25) is 4.79 Å². The molecule has 0 aromatic rings. The first-order valence-electron chi connectivity index (χ1n) is 13.3. The summed E-state index contributed by atoms with van der Waals surface area (Å²) in [6.07, 6.45) is 4.37. The zero-order chi connectivity index (χ0) is 26.1. The van der Waals surface area contributed by atoms with Crippen molar-refractivity contribution in [3.63, 3.8) is 0 Å². The zero-order valence-corrected chi connectivity index (χ0v) is 22.2. The molecule has 7 nitrogen and oxygen atoms in total. The first kappa shape index (κ1) is 25.1. The number of esters is 1. The molecule has 2 heterocycles. The molecule has 3 saturated carbocycles. The molecule has 198 valence electrons. The average Bonchev–Trinajstić information content (AvgIpc) is 3.09. The number of hydrogen-bond acceptors (Lipinski definition) is 7. The van der Waals surface area contributed by atoms with Crippen molar-refractivity contribution in [3.05, 3.63) is 23.3 Å². The Labute approximate surface area is 216 Å². The van der Waals surface area contributed by atoms with Crippen LogP contribution in [0.1, 0.15) is 66.2 Å². The summed E-state index contributed by atoms with van der Waals surface area (Å²) in [7, 11) is 0. The predicted octanol–water partition coefficient (Wildman–Crippen LogP) is 3.03. The van der Waals surface area contributed by atoms with E-state index in [0.29, 0.717) is 37.7 Å². The molecule has 0 aromatic carbocycles. The first-order valence-corrected chi connectivity index (χ1v) is 13.7. The number of aliphatic hydroxyl groups excluding tert-OH is 1. The fourth-order valence-corrected chi connectivity index (χ4v) is 9.86. The fraction of sp³-hybridized carbons (Fsp3) is 0.786. The van der Waals surface area contributed by atoms with Gasteiger partial charge in [-0.2, -0.15) is 0 Å². The van der Waals surface area contributed by atoms with Gasteiger partial charge in [-0.05, 0) is 63.4 Å². The second kappa shape index (κ2) is 7.44. The van der Waals surface area contributed by atoms with E-state index in [-0.39, 0.29) is 42.5 Å². The van der Waals surface area contributed by atoms with E-state index in [1.807, 2.05) is 20.8 Å². The number of ether oxygens (including phenoxy) is 2. The lowest BCUT2D eigenvalue weighted by Crippen LogP contribution is -2.77. The van der Waals surface area contributed by atoms with Crippen LogP contribution in [0.5, 0.6) is 0 Å². The number of allylic oxidation sites excluding steroid dienone is 2. The highest BCUT2D eigenvalue weighted by Crippen LogP contribution is 2.74. The Balaban J connectivity index is 1.42. The number of carbonyl (C=O) groups excluding carboxylic acids is 2. The maximum Gasteiger partial charge on any atom is 0.333 e. The molecular formula is C28H37ClO7. The van der Waals surface area contributed by atoms with E-state index in [1.54, 1.807) is 19.1 Å². The Morgan fingerprint density at radius 3 is 2.53 bits per heavy atom. The number of carbonyl (C=O) groups is 2. The van der Waals surface area contributed by atoms with Gasteiger partial charge in [-0.1, -0.05) is 25.5 Å². The zero-order valence-electron chi connectivity index (χ0n) is 21.4. The third kappa shape index (κ3) is 2.64. The van der Waals surface area contributed by atoms with Crippen molar-refractivity contribution < 1.29 is 34.4 Å². The third-order valence-corrected chi connectivity index (χ3v) is 12.7. The van der Waals surface area contributed by atoms with Crippen molar-refractivity contribution in [2.45, 2.75) is 94.7 Å². The molecule has 0 bridgehead atoms. The molecule has 8 heteroatoms. The molecule has 2 aliphatic heterocycles. The van der Waals surface area contributed by atoms with Gasteiger partial charge < -0.3 is 24.8 Å². The first-order chi connectivity index (χ1) is 16.7. The van der Waals surface area contributed by atoms with Crippen LogP contribution in [0.15, 0.2) is 23.3 Å². The topological polar surface area (TPSA) is 113 Å². The molecule has 0 spiro atoms. The molecule has 4 fully saturated rings. The highest BCUT2D eigenvalue weighted by Gasteiger charge is 2.80. The Morgan fingerprint density at radius 2 is 1.83 bits per heavy atom. The largest absolute Gasteiger partial charge is 0.458 e. The molecular weight excluding hydrogens is 484 g/mol. The lowest BCUT2D eigenvalue weighted by molar-refractivity contribution is -0.399. The number of ketones is 1. The van der Waals surface area contributed by atoms with Crippen LogP contribution in [0, 0.1) is 34.5 Å². The van der Waals surface area contributed by atoms with Crippen molar-refractivity contribution in [2.75, 3.05) is 6.61 Å². The number of rotatable bonds is 1. The molecule has 0 radical (unpaired) electrons. The van der Waals surface area contributed by atoms with E-state index < -0.39 is 45.2 Å². The van der Waals surface area contributed by atoms with Gasteiger partial charge in [0.25, 0.3) is 0 Å². The van der Waals surface area contributed by atoms with Gasteiger partial charge >= 0.3 is 5.97 Å². The van der Waals surface area contributed by atoms with Crippen LogP contribution in [-0.2, 0) is 19.1 Å². The standard InChI is InChI=1S/C28H37ClO7/c1-14-10-20(36-23(32)15(14)2)19-13-35-28(34)12-18-16(17-7-9-27(19,33)25(17,28)4)11-22(31)26(29)8-5-6-21(30)24(18,26)3/h5-6,16-20,22,31,33-34H,7-13H2,1-4H3/t16-,17-,18-,19+,20+,22+,24-,25-,26-,27+,28-/m0/s1. The molecule has 3 N–H and O–H groups in total. The normalized spacial score (nSPS) is 56.1. The molecule has 6 aliphatic rings. The quantitative estimate of drug-likeness (QED) is 0.360. The van der Waals surface area contributed by atoms with Crippen LogP contribution in [-0.4, -0.2) is 62.1 Å². The second-order valence-electron chi connectivity index (χ2n) is 12.8. The van der Waals surface area contributed by atoms with Gasteiger partial charge in [0.15, 0.2) is 11.6 Å². The Morgan fingerprint density at radius 1 is 1.11 bits per heavy atom. The smallest absolute Gasteiger partial charge is 0.333 e. The lowest BCUT2D eigenvalue weighted by atomic mass is 9.41. The minimum atomic E-state index is -1.68. The number of cyclic esters (lactones) is 1. The Hall–Kier alpha value is -1.25. The van der Waals surface area contributed by atoms with Crippen LogP contribution in [0.25, 0.3) is 0 Å². The summed E-state index contributed by atoms with van der Waals surface area (Å²) in [6.45, 7) is 7.45. The minimum absolute atomic E-state index is 0.0518. The number of hydrogen-bond donors (Lipinski definition) is 3. The van der Waals surface area contributed by atoms with Crippen molar-refractivity contribution >= 4 is 23.4 Å². The van der Waals surface area contributed by atoms with E-state index in [0.717, 1.165) is 5.57 Å². The Bertz CT molecular complexity index is 1100. The second-order valence-corrected chi connectivity index (χ2v) is 13.5. The predicted molar refractivity (Wildman–Crippen MR) is 131 cm³/mol. The van der Waals surface area contributed by atoms with Gasteiger partial charge in [-0.15, -0.1) is 11.6 Å². The van der Waals surface area contributed by atoms with Crippen LogP contribution in [0.3, 0.4) is 0 Å². The molecule has 0 amide bonds. The molecule has 6 rings (SSSR count). The molecule has 4 aliphatic carbocycles. The van der Waals surface area contributed by atoms with Crippen LogP contribution in [0.2, 0.25) is 0 Å². The number of alkyl halides is 1. The average molecular weight is 521 g/mol. The van der Waals surface area contributed by atoms with Crippen LogP contribution < -0.4 is 0 Å². The van der Waals surface area contributed by atoms with E-state index in [4.69, 9.17) is 21.1 Å². The monoisotopic (exact) mass is 520 g/mol. The van der Waals surface area contributed by atoms with E-state index >= 15 is 0 Å². The number of fused-ring (bicyclic) bond motifs is 4. The van der Waals surface area contributed by atoms with Gasteiger partial charge in [0, 0.05) is 24.3 Å². The summed E-state index contributed by atoms with van der Waals surface area (Å²) in [6, 6.07) is 0. The summed E-state index contributed by atoms with van der Waals surface area (Å²) in [5.41, 5.74) is -1.92. The summed E-state index contributed by atoms with van der Waals surface area (Å²) < 4.78 is 12.1. The molecule has 36 heavy (non-hydrogen) atoms. The molecule has 11 atom stereocenters. The minimum Gasteiger partial charge on any atom is -0.458 e. The number of aliphatic hydroxyl groups is 3. The highest BCUT2D eigenvalue weighted by molar-refractivity contribution is 6.28. The van der Waals surface area contributed by atoms with Crippen molar-refractivity contribution in [3.8, 4) is 0 Å². The van der Waals surface area contributed by atoms with Crippen molar-refractivity contribution in [1.29, 1.82) is 0 Å². The molecule has 0 unspecified atom stereocenters. The van der Waals surface area contributed by atoms with Crippen molar-refractivity contribution in [2.24, 2.45) is 34.5 Å². The van der Waals surface area contributed by atoms with Gasteiger partial charge in [0.05, 0.1) is 34.0 Å². The fourth-order valence-electron chi connectivity index (χ4n) is 9.44. The maximum atomic E-state index is 13.4. The molecule has 1 saturated heterocycles. The van der Waals surface area contributed by atoms with Gasteiger partial charge in [0.1, 0.15) is 6.10 Å². The van der Waals surface area contributed by atoms with Crippen molar-refractivity contribution in [1.82, 2.24) is 0 Å². The highest BCUT2D eigenvalue weighted by atomic mass is 35.5. The van der Waals surface area contributed by atoms with Crippen LogP contribution in [0.4, 0.5) is 0 Å². The summed E-state index contributed by atoms with van der Waals surface area (Å²) >= 11 is 7.08. The third-order valence-electron chi connectivity index (χ3n) is 11.9. The van der Waals surface area contributed by atoms with Gasteiger partial charge in [-0.25, -0.2) is 4.79 Å². The van der Waals surface area contributed by atoms with E-state index in [9.17, 15) is 24.9 Å². The summed E-state index contributed by atoms with van der Waals surface area (Å²) in [5.74, 6) is -3.29. The van der Waals surface area contributed by atoms with Gasteiger partial charge in [0.2, 0.25) is 0 Å². The van der Waals surface area contributed by atoms with Crippen LogP contribution >= 0.6 is 11.6 Å². The number of halogens is 1. The van der Waals surface area contributed by atoms with E-state index in [2.05, 4.69) is 0 Å². The SMILES string of the molecule is CC1=C(C)C(=O)O[C@@H]([C@H]2CO[C@@]3(O)C[C@H]4[C@@H](C[C@@H](O)[C@@]5(Cl)CC=CC(=O)[C@]45C)[C@@H]4CC[C@]2(O)[C@]43C)C1. The Kier molecular flexibility index (Phi) is 5.18. The maximum absolute atomic E-state index is 13.4.